The molecule has 5 nitrogen and oxygen atoms in total. The third-order valence-electron chi connectivity index (χ3n) is 5.93. The van der Waals surface area contributed by atoms with Gasteiger partial charge in [-0.1, -0.05) is 49.9 Å². The van der Waals surface area contributed by atoms with Gasteiger partial charge in [0.2, 0.25) is 0 Å². The summed E-state index contributed by atoms with van der Waals surface area (Å²) in [5.41, 5.74) is 3.48. The van der Waals surface area contributed by atoms with Crippen LogP contribution in [0.25, 0.3) is 0 Å². The Bertz CT molecular complexity index is 841. The summed E-state index contributed by atoms with van der Waals surface area (Å²) in [6, 6.07) is 14.8. The third kappa shape index (κ3) is 5.01. The molecule has 0 spiro atoms. The summed E-state index contributed by atoms with van der Waals surface area (Å²) in [5, 5.41) is 3.60. The fraction of sp³-hybridized carbons (Fsp3) is 0.458. The summed E-state index contributed by atoms with van der Waals surface area (Å²) in [6.07, 6.45) is 7.58. The molecule has 2 aromatic rings. The van der Waals surface area contributed by atoms with Gasteiger partial charge in [-0.25, -0.2) is 4.99 Å². The number of anilines is 1. The number of hydrogen-bond donors (Lipinski definition) is 1. The first-order valence-corrected chi connectivity index (χ1v) is 10.7. The number of aliphatic imine (C=N–C) groups is 1. The summed E-state index contributed by atoms with van der Waals surface area (Å²) in [7, 11) is 3.42. The summed E-state index contributed by atoms with van der Waals surface area (Å²) in [4.78, 5) is 7.51. The number of rotatable bonds is 5. The Morgan fingerprint density at radius 2 is 1.60 bits per heavy atom. The molecule has 1 aliphatic heterocycles. The summed E-state index contributed by atoms with van der Waals surface area (Å²) in [6.45, 7) is 1.50. The van der Waals surface area contributed by atoms with Crippen molar-refractivity contribution in [1.29, 1.82) is 0 Å². The Balaban J connectivity index is 0.00000256. The minimum absolute atomic E-state index is 0. The van der Waals surface area contributed by atoms with E-state index in [-0.39, 0.29) is 12.4 Å². The van der Waals surface area contributed by atoms with Crippen LogP contribution in [0.4, 0.5) is 5.69 Å². The quantitative estimate of drug-likeness (QED) is 0.625. The van der Waals surface area contributed by atoms with Gasteiger partial charge in [0, 0.05) is 12.2 Å². The van der Waals surface area contributed by atoms with E-state index < -0.39 is 0 Å². The maximum absolute atomic E-state index is 5.63. The van der Waals surface area contributed by atoms with Crippen LogP contribution in [0.5, 0.6) is 11.5 Å². The van der Waals surface area contributed by atoms with Gasteiger partial charge in [0.25, 0.3) is 0 Å². The maximum Gasteiger partial charge on any atom is 0.199 e. The molecule has 0 atom stereocenters. The number of hydrogen-bond acceptors (Lipinski definition) is 3. The number of halogens is 1. The van der Waals surface area contributed by atoms with Crippen LogP contribution < -0.4 is 14.8 Å². The van der Waals surface area contributed by atoms with E-state index in [1.54, 1.807) is 14.2 Å². The molecule has 1 saturated carbocycles. The molecule has 0 saturated heterocycles. The second-order valence-corrected chi connectivity index (χ2v) is 7.88. The number of ether oxygens (including phenoxy) is 2. The van der Waals surface area contributed by atoms with Gasteiger partial charge in [0.15, 0.2) is 5.96 Å². The Morgan fingerprint density at radius 1 is 0.933 bits per heavy atom. The van der Waals surface area contributed by atoms with Crippen molar-refractivity contribution in [2.24, 2.45) is 4.99 Å². The molecule has 0 aromatic heterocycles. The Labute approximate surface area is 185 Å². The van der Waals surface area contributed by atoms with E-state index >= 15 is 0 Å². The molecule has 1 N–H and O–H groups in total. The zero-order chi connectivity index (χ0) is 20.1. The topological polar surface area (TPSA) is 46.1 Å². The molecular formula is C24H32ClN3O2. The highest BCUT2D eigenvalue weighted by molar-refractivity contribution is 5.96. The highest BCUT2D eigenvalue weighted by Crippen LogP contribution is 2.32. The van der Waals surface area contributed by atoms with Crippen LogP contribution in [0.3, 0.4) is 0 Å². The van der Waals surface area contributed by atoms with Gasteiger partial charge < -0.3 is 19.7 Å². The Kier molecular flexibility index (Phi) is 7.86. The zero-order valence-corrected chi connectivity index (χ0v) is 18.7. The molecule has 2 aliphatic rings. The van der Waals surface area contributed by atoms with Crippen LogP contribution in [0.2, 0.25) is 0 Å². The predicted octanol–water partition coefficient (Wildman–Crippen LogP) is 5.63. The fourth-order valence-corrected chi connectivity index (χ4v) is 4.34. The second-order valence-electron chi connectivity index (χ2n) is 7.88. The first-order valence-electron chi connectivity index (χ1n) is 10.7. The van der Waals surface area contributed by atoms with E-state index in [0.29, 0.717) is 12.6 Å². The smallest absolute Gasteiger partial charge is 0.199 e. The summed E-state index contributed by atoms with van der Waals surface area (Å²) in [5.74, 6) is 2.65. The Hall–Kier alpha value is -2.40. The molecule has 1 fully saturated rings. The van der Waals surface area contributed by atoms with Gasteiger partial charge >= 0.3 is 0 Å². The molecule has 30 heavy (non-hydrogen) atoms. The van der Waals surface area contributed by atoms with Gasteiger partial charge in [-0.15, -0.1) is 12.4 Å². The average Bonchev–Trinajstić information content (AvgIpc) is 3.03. The molecule has 162 valence electrons. The fourth-order valence-electron chi connectivity index (χ4n) is 4.34. The number of guanidine groups is 1. The van der Waals surface area contributed by atoms with Crippen molar-refractivity contribution in [1.82, 2.24) is 4.90 Å². The lowest BCUT2D eigenvalue weighted by atomic mass is 10.1. The van der Waals surface area contributed by atoms with Gasteiger partial charge in [0.05, 0.1) is 32.4 Å². The van der Waals surface area contributed by atoms with Crippen molar-refractivity contribution >= 4 is 24.1 Å². The van der Waals surface area contributed by atoms with Crippen LogP contribution in [-0.4, -0.2) is 31.1 Å². The standard InChI is InChI=1S/C24H31N3O2.ClH/c1-28-22-14-9-15-23(29-2)20(22)17-27-16-18-10-7-8-13-21(18)26-24(27)25-19-11-5-3-4-6-12-19;/h7-10,13-15,19H,3-6,11-12,16-17H2,1-2H3,(H,25,26);1H. The van der Waals surface area contributed by atoms with Crippen LogP contribution in [0, 0.1) is 0 Å². The van der Waals surface area contributed by atoms with E-state index in [2.05, 4.69) is 34.5 Å². The summed E-state index contributed by atoms with van der Waals surface area (Å²) >= 11 is 0. The molecule has 0 amide bonds. The van der Waals surface area contributed by atoms with Crippen LogP contribution >= 0.6 is 12.4 Å². The molecule has 0 unspecified atom stereocenters. The van der Waals surface area contributed by atoms with Gasteiger partial charge in [-0.2, -0.15) is 0 Å². The van der Waals surface area contributed by atoms with Crippen LogP contribution in [0.1, 0.15) is 49.7 Å². The number of methoxy groups -OCH3 is 2. The first kappa shape index (κ1) is 22.3. The van der Waals surface area contributed by atoms with Crippen LogP contribution in [-0.2, 0) is 13.1 Å². The minimum atomic E-state index is 0. The third-order valence-corrected chi connectivity index (χ3v) is 5.93. The molecule has 0 bridgehead atoms. The van der Waals surface area contributed by atoms with Crippen molar-refractivity contribution < 1.29 is 9.47 Å². The van der Waals surface area contributed by atoms with Crippen molar-refractivity contribution in [3.63, 3.8) is 0 Å². The van der Waals surface area contributed by atoms with E-state index in [9.17, 15) is 0 Å². The number of para-hydroxylation sites is 1. The molecular weight excluding hydrogens is 398 g/mol. The molecule has 6 heteroatoms. The highest BCUT2D eigenvalue weighted by atomic mass is 35.5. The number of benzene rings is 2. The zero-order valence-electron chi connectivity index (χ0n) is 17.9. The molecule has 1 heterocycles. The van der Waals surface area contributed by atoms with Gasteiger partial charge in [-0.05, 0) is 36.6 Å². The number of nitrogens with one attached hydrogen (secondary N) is 1. The molecule has 0 radical (unpaired) electrons. The van der Waals surface area contributed by atoms with Crippen molar-refractivity contribution in [3.8, 4) is 11.5 Å². The lowest BCUT2D eigenvalue weighted by Crippen LogP contribution is -2.40. The predicted molar refractivity (Wildman–Crippen MR) is 125 cm³/mol. The number of fused-ring (bicyclic) bond motifs is 1. The van der Waals surface area contributed by atoms with E-state index in [1.807, 2.05) is 18.2 Å². The number of nitrogens with zero attached hydrogens (tertiary/aromatic N) is 2. The van der Waals surface area contributed by atoms with Gasteiger partial charge in [-0.3, -0.25) is 0 Å². The van der Waals surface area contributed by atoms with E-state index in [0.717, 1.165) is 35.3 Å². The lowest BCUT2D eigenvalue weighted by Gasteiger charge is -2.34. The largest absolute Gasteiger partial charge is 0.496 e. The lowest BCUT2D eigenvalue weighted by molar-refractivity contribution is 0.347. The maximum atomic E-state index is 5.63. The Morgan fingerprint density at radius 3 is 2.27 bits per heavy atom. The summed E-state index contributed by atoms with van der Waals surface area (Å²) < 4.78 is 11.3. The van der Waals surface area contributed by atoms with Gasteiger partial charge in [0.1, 0.15) is 11.5 Å². The highest BCUT2D eigenvalue weighted by Gasteiger charge is 2.25. The second kappa shape index (κ2) is 10.6. The normalized spacial score (nSPS) is 18.1. The minimum Gasteiger partial charge on any atom is -0.496 e. The van der Waals surface area contributed by atoms with Crippen molar-refractivity contribution in [2.75, 3.05) is 19.5 Å². The SMILES string of the molecule is COc1cccc(OC)c1CN1Cc2ccccc2NC1=NC1CCCCCC1.Cl. The molecule has 2 aromatic carbocycles. The monoisotopic (exact) mass is 429 g/mol. The molecule has 1 aliphatic carbocycles. The van der Waals surface area contributed by atoms with E-state index in [1.165, 1.54) is 44.1 Å². The van der Waals surface area contributed by atoms with Crippen molar-refractivity contribution in [3.05, 3.63) is 53.6 Å². The average molecular weight is 430 g/mol. The van der Waals surface area contributed by atoms with Crippen LogP contribution in [0.15, 0.2) is 47.5 Å². The van der Waals surface area contributed by atoms with E-state index in [4.69, 9.17) is 14.5 Å². The van der Waals surface area contributed by atoms with Crippen molar-refractivity contribution in [2.45, 2.75) is 57.7 Å². The molecule has 4 rings (SSSR count). The first-order chi connectivity index (χ1) is 14.3.